The lowest BCUT2D eigenvalue weighted by Crippen LogP contribution is -2.40. The highest BCUT2D eigenvalue weighted by molar-refractivity contribution is 5.86. The van der Waals surface area contributed by atoms with E-state index in [9.17, 15) is 4.79 Å². The second kappa shape index (κ2) is 8.57. The van der Waals surface area contributed by atoms with Crippen molar-refractivity contribution in [3.63, 3.8) is 0 Å². The maximum Gasteiger partial charge on any atom is 0.223 e. The molecule has 4 rings (SSSR count). The Labute approximate surface area is 167 Å². The van der Waals surface area contributed by atoms with Crippen molar-refractivity contribution in [1.82, 2.24) is 10.2 Å². The SMILES string of the molecule is Cc1ccccc1CN1CCC(C(=O)NCc2cccc3ccccc23)CC1. The fourth-order valence-electron chi connectivity index (χ4n) is 4.15. The van der Waals surface area contributed by atoms with Crippen molar-refractivity contribution in [3.8, 4) is 0 Å². The largest absolute Gasteiger partial charge is 0.352 e. The molecule has 0 bridgehead atoms. The van der Waals surface area contributed by atoms with Gasteiger partial charge in [0.05, 0.1) is 0 Å². The standard InChI is InChI=1S/C25H28N2O/c1-19-7-2-3-9-23(19)18-27-15-13-21(14-16-27)25(28)26-17-22-11-6-10-20-8-4-5-12-24(20)22/h2-12,21H,13-18H2,1H3,(H,26,28). The zero-order valence-electron chi connectivity index (χ0n) is 16.5. The average molecular weight is 373 g/mol. The molecule has 3 nitrogen and oxygen atoms in total. The molecule has 0 unspecified atom stereocenters. The molecule has 3 heteroatoms. The van der Waals surface area contributed by atoms with Gasteiger partial charge in [0.2, 0.25) is 5.91 Å². The van der Waals surface area contributed by atoms with Gasteiger partial charge in [-0.1, -0.05) is 66.7 Å². The van der Waals surface area contributed by atoms with Crippen LogP contribution in [0, 0.1) is 12.8 Å². The van der Waals surface area contributed by atoms with E-state index in [-0.39, 0.29) is 11.8 Å². The summed E-state index contributed by atoms with van der Waals surface area (Å²) in [5.74, 6) is 0.326. The molecule has 1 saturated heterocycles. The Hall–Kier alpha value is -2.65. The molecule has 1 aliphatic heterocycles. The van der Waals surface area contributed by atoms with E-state index >= 15 is 0 Å². The Bertz CT molecular complexity index is 952. The zero-order chi connectivity index (χ0) is 19.3. The second-order valence-corrected chi connectivity index (χ2v) is 7.83. The number of hydrogen-bond donors (Lipinski definition) is 1. The van der Waals surface area contributed by atoms with Gasteiger partial charge in [-0.2, -0.15) is 0 Å². The Kier molecular flexibility index (Phi) is 5.73. The van der Waals surface area contributed by atoms with Gasteiger partial charge in [-0.3, -0.25) is 9.69 Å². The van der Waals surface area contributed by atoms with E-state index in [4.69, 9.17) is 0 Å². The van der Waals surface area contributed by atoms with Crippen molar-refractivity contribution in [2.24, 2.45) is 5.92 Å². The van der Waals surface area contributed by atoms with Crippen LogP contribution in [0.5, 0.6) is 0 Å². The van der Waals surface area contributed by atoms with Crippen LogP contribution in [0.2, 0.25) is 0 Å². The Morgan fingerprint density at radius 1 is 0.929 bits per heavy atom. The molecule has 0 aliphatic carbocycles. The third-order valence-electron chi connectivity index (χ3n) is 5.95. The van der Waals surface area contributed by atoms with Crippen molar-refractivity contribution < 1.29 is 4.79 Å². The van der Waals surface area contributed by atoms with Crippen LogP contribution >= 0.6 is 0 Å². The van der Waals surface area contributed by atoms with Crippen LogP contribution in [0.3, 0.4) is 0 Å². The first-order valence-electron chi connectivity index (χ1n) is 10.2. The number of benzene rings is 3. The summed E-state index contributed by atoms with van der Waals surface area (Å²) < 4.78 is 0. The summed E-state index contributed by atoms with van der Waals surface area (Å²) in [4.78, 5) is 15.2. The molecule has 1 heterocycles. The lowest BCUT2D eigenvalue weighted by Gasteiger charge is -2.31. The number of carbonyl (C=O) groups is 1. The Morgan fingerprint density at radius 3 is 2.43 bits per heavy atom. The smallest absolute Gasteiger partial charge is 0.223 e. The fourth-order valence-corrected chi connectivity index (χ4v) is 4.15. The molecule has 0 spiro atoms. The van der Waals surface area contributed by atoms with Crippen LogP contribution in [0.25, 0.3) is 10.8 Å². The molecule has 1 aliphatic rings. The van der Waals surface area contributed by atoms with Crippen LogP contribution < -0.4 is 5.32 Å². The maximum atomic E-state index is 12.7. The fraction of sp³-hybridized carbons (Fsp3) is 0.320. The molecule has 0 aromatic heterocycles. The molecule has 0 saturated carbocycles. The van der Waals surface area contributed by atoms with Crippen LogP contribution in [0.15, 0.2) is 66.7 Å². The molecule has 144 valence electrons. The Balaban J connectivity index is 1.30. The van der Waals surface area contributed by atoms with Gasteiger partial charge in [0.1, 0.15) is 0 Å². The Morgan fingerprint density at radius 2 is 1.61 bits per heavy atom. The van der Waals surface area contributed by atoms with Gasteiger partial charge in [-0.05, 0) is 60.3 Å². The first-order chi connectivity index (χ1) is 13.7. The van der Waals surface area contributed by atoms with Crippen LogP contribution in [-0.2, 0) is 17.9 Å². The monoisotopic (exact) mass is 372 g/mol. The molecule has 0 radical (unpaired) electrons. The molecular formula is C25H28N2O. The zero-order valence-corrected chi connectivity index (χ0v) is 16.5. The van der Waals surface area contributed by atoms with Gasteiger partial charge in [-0.25, -0.2) is 0 Å². The van der Waals surface area contributed by atoms with E-state index < -0.39 is 0 Å². The lowest BCUT2D eigenvalue weighted by atomic mass is 9.95. The van der Waals surface area contributed by atoms with Crippen molar-refractivity contribution in [2.75, 3.05) is 13.1 Å². The molecule has 1 N–H and O–H groups in total. The summed E-state index contributed by atoms with van der Waals surface area (Å²) in [5, 5.41) is 5.62. The van der Waals surface area contributed by atoms with Crippen molar-refractivity contribution in [2.45, 2.75) is 32.9 Å². The first-order valence-corrected chi connectivity index (χ1v) is 10.2. The number of likely N-dealkylation sites (tertiary alicyclic amines) is 1. The number of aryl methyl sites for hydroxylation is 1. The van der Waals surface area contributed by atoms with Crippen molar-refractivity contribution in [1.29, 1.82) is 0 Å². The number of piperidine rings is 1. The molecule has 0 atom stereocenters. The topological polar surface area (TPSA) is 32.3 Å². The van der Waals surface area contributed by atoms with Crippen molar-refractivity contribution in [3.05, 3.63) is 83.4 Å². The third kappa shape index (κ3) is 4.26. The van der Waals surface area contributed by atoms with Gasteiger partial charge in [0, 0.05) is 19.0 Å². The molecule has 1 amide bonds. The average Bonchev–Trinajstić information content (AvgIpc) is 2.74. The van der Waals surface area contributed by atoms with E-state index in [0.717, 1.165) is 32.5 Å². The van der Waals surface area contributed by atoms with Crippen LogP contribution in [-0.4, -0.2) is 23.9 Å². The molecular weight excluding hydrogens is 344 g/mol. The van der Waals surface area contributed by atoms with E-state index in [2.05, 4.69) is 83.9 Å². The number of amides is 1. The van der Waals surface area contributed by atoms with E-state index in [0.29, 0.717) is 6.54 Å². The summed E-state index contributed by atoms with van der Waals surface area (Å²) in [5.41, 5.74) is 3.92. The number of fused-ring (bicyclic) bond motifs is 1. The van der Waals surface area contributed by atoms with Crippen LogP contribution in [0.4, 0.5) is 0 Å². The molecule has 3 aromatic rings. The van der Waals surface area contributed by atoms with E-state index in [1.165, 1.54) is 27.5 Å². The summed E-state index contributed by atoms with van der Waals surface area (Å²) in [6.45, 7) is 5.73. The molecule has 1 fully saturated rings. The highest BCUT2D eigenvalue weighted by atomic mass is 16.1. The summed E-state index contributed by atoms with van der Waals surface area (Å²) in [7, 11) is 0. The van der Waals surface area contributed by atoms with Crippen molar-refractivity contribution >= 4 is 16.7 Å². The predicted octanol–water partition coefficient (Wildman–Crippen LogP) is 4.68. The second-order valence-electron chi connectivity index (χ2n) is 7.83. The summed E-state index contributed by atoms with van der Waals surface area (Å²) in [6, 6.07) is 23.2. The minimum atomic E-state index is 0.128. The summed E-state index contributed by atoms with van der Waals surface area (Å²) >= 11 is 0. The number of hydrogen-bond acceptors (Lipinski definition) is 2. The van der Waals surface area contributed by atoms with E-state index in [1.807, 2.05) is 0 Å². The normalized spacial score (nSPS) is 15.6. The third-order valence-corrected chi connectivity index (χ3v) is 5.95. The number of nitrogens with zero attached hydrogens (tertiary/aromatic N) is 1. The minimum Gasteiger partial charge on any atom is -0.352 e. The highest BCUT2D eigenvalue weighted by Gasteiger charge is 2.25. The first kappa shape index (κ1) is 18.7. The minimum absolute atomic E-state index is 0.128. The van der Waals surface area contributed by atoms with Gasteiger partial charge in [0.15, 0.2) is 0 Å². The number of rotatable bonds is 5. The molecule has 3 aromatic carbocycles. The lowest BCUT2D eigenvalue weighted by molar-refractivity contribution is -0.126. The maximum absolute atomic E-state index is 12.7. The molecule has 28 heavy (non-hydrogen) atoms. The number of nitrogens with one attached hydrogen (secondary N) is 1. The van der Waals surface area contributed by atoms with Crippen LogP contribution in [0.1, 0.15) is 29.5 Å². The highest BCUT2D eigenvalue weighted by Crippen LogP contribution is 2.22. The number of carbonyl (C=O) groups excluding carboxylic acids is 1. The van der Waals surface area contributed by atoms with E-state index in [1.54, 1.807) is 0 Å². The quantitative estimate of drug-likeness (QED) is 0.705. The van der Waals surface area contributed by atoms with Gasteiger partial charge >= 0.3 is 0 Å². The van der Waals surface area contributed by atoms with Gasteiger partial charge in [-0.15, -0.1) is 0 Å². The summed E-state index contributed by atoms with van der Waals surface area (Å²) in [6.07, 6.45) is 1.88. The predicted molar refractivity (Wildman–Crippen MR) is 115 cm³/mol. The van der Waals surface area contributed by atoms with Gasteiger partial charge < -0.3 is 5.32 Å². The van der Waals surface area contributed by atoms with Gasteiger partial charge in [0.25, 0.3) is 0 Å².